The molecule has 0 aromatic heterocycles. The summed E-state index contributed by atoms with van der Waals surface area (Å²) in [5.41, 5.74) is 2.99. The van der Waals surface area contributed by atoms with Gasteiger partial charge in [0.05, 0.1) is 12.0 Å². The number of nitrogens with one attached hydrogen (secondary N) is 2. The van der Waals surface area contributed by atoms with Crippen LogP contribution in [-0.4, -0.2) is 45.5 Å². The molecule has 0 bridgehead atoms. The maximum absolute atomic E-state index is 12.9. The maximum atomic E-state index is 12.9. The molecule has 184 valence electrons. The molecular weight excluding hydrogens is 462 g/mol. The van der Waals surface area contributed by atoms with Crippen LogP contribution in [0.1, 0.15) is 34.3 Å². The van der Waals surface area contributed by atoms with Crippen molar-refractivity contribution < 1.29 is 17.9 Å². The molecule has 1 fully saturated rings. The lowest BCUT2D eigenvalue weighted by Crippen LogP contribution is -2.44. The predicted octanol–water partition coefficient (Wildman–Crippen LogP) is 4.20. The molecule has 0 saturated carbocycles. The standard InChI is InChI=1S/C27H31N3O4S/c1-20-10-12-24(13-11-20)29-35(32,33)25-8-5-7-21(18-25)27(31)28-23-14-16-30(17-15-23)19-22-6-3-4-9-26(22)34-2/h3-13,18,23,29H,14-17,19H2,1-2H3,(H,28,31). The zero-order valence-corrected chi connectivity index (χ0v) is 20.8. The van der Waals surface area contributed by atoms with Crippen molar-refractivity contribution >= 4 is 21.6 Å². The van der Waals surface area contributed by atoms with Crippen LogP contribution in [0.5, 0.6) is 5.75 Å². The van der Waals surface area contributed by atoms with Gasteiger partial charge in [-0.15, -0.1) is 0 Å². The third-order valence-corrected chi connectivity index (χ3v) is 7.60. The van der Waals surface area contributed by atoms with Gasteiger partial charge in [-0.3, -0.25) is 14.4 Å². The van der Waals surface area contributed by atoms with Crippen LogP contribution in [0.2, 0.25) is 0 Å². The Morgan fingerprint density at radius 3 is 2.43 bits per heavy atom. The van der Waals surface area contributed by atoms with Crippen molar-refractivity contribution in [3.05, 3.63) is 89.5 Å². The largest absolute Gasteiger partial charge is 0.496 e. The lowest BCUT2D eigenvalue weighted by molar-refractivity contribution is 0.0908. The number of piperidine rings is 1. The van der Waals surface area contributed by atoms with Crippen molar-refractivity contribution in [3.8, 4) is 5.75 Å². The quantitative estimate of drug-likeness (QED) is 0.491. The van der Waals surface area contributed by atoms with Gasteiger partial charge in [-0.2, -0.15) is 0 Å². The van der Waals surface area contributed by atoms with E-state index in [1.165, 1.54) is 12.1 Å². The van der Waals surface area contributed by atoms with E-state index in [0.29, 0.717) is 11.3 Å². The highest BCUT2D eigenvalue weighted by Crippen LogP contribution is 2.22. The van der Waals surface area contributed by atoms with E-state index >= 15 is 0 Å². The van der Waals surface area contributed by atoms with E-state index in [1.807, 2.05) is 37.3 Å². The monoisotopic (exact) mass is 493 g/mol. The highest BCUT2D eigenvalue weighted by atomic mass is 32.2. The number of amides is 1. The van der Waals surface area contributed by atoms with E-state index in [4.69, 9.17) is 4.74 Å². The van der Waals surface area contributed by atoms with Crippen LogP contribution in [0.25, 0.3) is 0 Å². The molecule has 2 N–H and O–H groups in total. The fraction of sp³-hybridized carbons (Fsp3) is 0.296. The second-order valence-electron chi connectivity index (χ2n) is 8.84. The third kappa shape index (κ3) is 6.41. The number of aryl methyl sites for hydroxylation is 1. The normalized spacial score (nSPS) is 14.9. The van der Waals surface area contributed by atoms with Crippen molar-refractivity contribution in [2.24, 2.45) is 0 Å². The number of rotatable bonds is 8. The van der Waals surface area contributed by atoms with Crippen molar-refractivity contribution in [2.75, 3.05) is 24.9 Å². The first-order valence-corrected chi connectivity index (χ1v) is 13.2. The summed E-state index contributed by atoms with van der Waals surface area (Å²) in [6.07, 6.45) is 1.65. The highest BCUT2D eigenvalue weighted by Gasteiger charge is 2.23. The van der Waals surface area contributed by atoms with Gasteiger partial charge >= 0.3 is 0 Å². The number of carbonyl (C=O) groups excluding carboxylic acids is 1. The van der Waals surface area contributed by atoms with Crippen LogP contribution in [0.3, 0.4) is 0 Å². The van der Waals surface area contributed by atoms with Gasteiger partial charge in [0.25, 0.3) is 15.9 Å². The fourth-order valence-corrected chi connectivity index (χ4v) is 5.32. The molecule has 1 aliphatic heterocycles. The van der Waals surface area contributed by atoms with E-state index in [1.54, 1.807) is 31.4 Å². The van der Waals surface area contributed by atoms with Gasteiger partial charge in [-0.05, 0) is 56.2 Å². The lowest BCUT2D eigenvalue weighted by atomic mass is 10.0. The molecule has 0 atom stereocenters. The summed E-state index contributed by atoms with van der Waals surface area (Å²) in [6.45, 7) is 4.46. The van der Waals surface area contributed by atoms with Crippen LogP contribution in [-0.2, 0) is 16.6 Å². The zero-order chi connectivity index (χ0) is 24.8. The summed E-state index contributed by atoms with van der Waals surface area (Å²) in [5, 5.41) is 3.07. The molecule has 3 aromatic carbocycles. The van der Waals surface area contributed by atoms with E-state index < -0.39 is 10.0 Å². The van der Waals surface area contributed by atoms with Gasteiger partial charge < -0.3 is 10.1 Å². The molecular formula is C27H31N3O4S. The number of nitrogens with zero attached hydrogens (tertiary/aromatic N) is 1. The minimum absolute atomic E-state index is 0.0439. The number of likely N-dealkylation sites (tertiary alicyclic amines) is 1. The van der Waals surface area contributed by atoms with E-state index in [0.717, 1.165) is 49.4 Å². The minimum Gasteiger partial charge on any atom is -0.496 e. The van der Waals surface area contributed by atoms with Crippen LogP contribution in [0, 0.1) is 6.92 Å². The molecule has 7 nitrogen and oxygen atoms in total. The van der Waals surface area contributed by atoms with Gasteiger partial charge in [-0.25, -0.2) is 8.42 Å². The number of para-hydroxylation sites is 1. The van der Waals surface area contributed by atoms with E-state index in [2.05, 4.69) is 21.0 Å². The van der Waals surface area contributed by atoms with Crippen molar-refractivity contribution in [1.29, 1.82) is 0 Å². The second kappa shape index (κ2) is 10.9. The summed E-state index contributed by atoms with van der Waals surface area (Å²) < 4.78 is 33.7. The molecule has 0 aliphatic carbocycles. The van der Waals surface area contributed by atoms with Gasteiger partial charge in [0.15, 0.2) is 0 Å². The number of hydrogen-bond donors (Lipinski definition) is 2. The van der Waals surface area contributed by atoms with Crippen LogP contribution in [0.15, 0.2) is 77.7 Å². The first-order valence-electron chi connectivity index (χ1n) is 11.7. The number of anilines is 1. The Labute approximate surface area is 207 Å². The third-order valence-electron chi connectivity index (χ3n) is 6.22. The lowest BCUT2D eigenvalue weighted by Gasteiger charge is -2.32. The summed E-state index contributed by atoms with van der Waals surface area (Å²) in [5.74, 6) is 0.621. The smallest absolute Gasteiger partial charge is 0.261 e. The van der Waals surface area contributed by atoms with Gasteiger partial charge in [-0.1, -0.05) is 42.0 Å². The van der Waals surface area contributed by atoms with Crippen LogP contribution in [0.4, 0.5) is 5.69 Å². The Bertz CT molecular complexity index is 1270. The Morgan fingerprint density at radius 1 is 1.00 bits per heavy atom. The molecule has 3 aromatic rings. The average molecular weight is 494 g/mol. The molecule has 0 unspecified atom stereocenters. The Balaban J connectivity index is 1.34. The van der Waals surface area contributed by atoms with Gasteiger partial charge in [0.1, 0.15) is 5.75 Å². The van der Waals surface area contributed by atoms with Crippen LogP contribution < -0.4 is 14.8 Å². The molecule has 0 spiro atoms. The first-order chi connectivity index (χ1) is 16.8. The summed E-state index contributed by atoms with van der Waals surface area (Å²) in [6, 6.07) is 21.3. The number of carbonyl (C=O) groups is 1. The molecule has 1 amide bonds. The predicted molar refractivity (Wildman–Crippen MR) is 137 cm³/mol. The molecule has 0 radical (unpaired) electrons. The molecule has 1 saturated heterocycles. The highest BCUT2D eigenvalue weighted by molar-refractivity contribution is 7.92. The average Bonchev–Trinajstić information content (AvgIpc) is 2.87. The molecule has 1 heterocycles. The maximum Gasteiger partial charge on any atom is 0.261 e. The number of ether oxygens (including phenoxy) is 1. The van der Waals surface area contributed by atoms with Gasteiger partial charge in [0.2, 0.25) is 0 Å². The molecule has 35 heavy (non-hydrogen) atoms. The van der Waals surface area contributed by atoms with Gasteiger partial charge in [0, 0.05) is 42.5 Å². The molecule has 1 aliphatic rings. The number of methoxy groups -OCH3 is 1. The summed E-state index contributed by atoms with van der Waals surface area (Å²) in [4.78, 5) is 15.3. The second-order valence-corrected chi connectivity index (χ2v) is 10.5. The molecule has 4 rings (SSSR count). The zero-order valence-electron chi connectivity index (χ0n) is 20.0. The summed E-state index contributed by atoms with van der Waals surface area (Å²) >= 11 is 0. The van der Waals surface area contributed by atoms with E-state index in [9.17, 15) is 13.2 Å². The number of benzene rings is 3. The number of sulfonamides is 1. The molecule has 8 heteroatoms. The van der Waals surface area contributed by atoms with Crippen LogP contribution >= 0.6 is 0 Å². The Hall–Kier alpha value is -3.36. The Kier molecular flexibility index (Phi) is 7.73. The van der Waals surface area contributed by atoms with Crippen molar-refractivity contribution in [2.45, 2.75) is 37.2 Å². The van der Waals surface area contributed by atoms with Crippen molar-refractivity contribution in [1.82, 2.24) is 10.2 Å². The fourth-order valence-electron chi connectivity index (χ4n) is 4.22. The number of hydrogen-bond acceptors (Lipinski definition) is 5. The Morgan fingerprint density at radius 2 is 1.71 bits per heavy atom. The topological polar surface area (TPSA) is 87.7 Å². The van der Waals surface area contributed by atoms with E-state index in [-0.39, 0.29) is 16.8 Å². The van der Waals surface area contributed by atoms with Crippen molar-refractivity contribution in [3.63, 3.8) is 0 Å². The first kappa shape index (κ1) is 24.8. The summed E-state index contributed by atoms with van der Waals surface area (Å²) in [7, 11) is -2.13. The minimum atomic E-state index is -3.81. The SMILES string of the molecule is COc1ccccc1CN1CCC(NC(=O)c2cccc(S(=O)(=O)Nc3ccc(C)cc3)c2)CC1.